The molecule has 0 bridgehead atoms. The number of hydrogen-bond acceptors (Lipinski definition) is 1. The quantitative estimate of drug-likeness (QED) is 0.391. The van der Waals surface area contributed by atoms with E-state index in [9.17, 15) is 0 Å². The van der Waals surface area contributed by atoms with Gasteiger partial charge in [-0.25, -0.2) is 0 Å². The molecule has 0 aromatic heterocycles. The van der Waals surface area contributed by atoms with Crippen LogP contribution in [0.25, 0.3) is 0 Å². The maximum atomic E-state index is 3.16. The summed E-state index contributed by atoms with van der Waals surface area (Å²) in [6, 6.07) is 11.2. The second-order valence-electron chi connectivity index (χ2n) is 2.63. The van der Waals surface area contributed by atoms with Crippen molar-refractivity contribution in [3.05, 3.63) is 35.9 Å². The smallest absolute Gasteiger partial charge is 0.307 e. The predicted octanol–water partition coefficient (Wildman–Crippen LogP) is -1.45. The van der Waals surface area contributed by atoms with E-state index in [1.54, 1.807) is 0 Å². The first-order valence-electron chi connectivity index (χ1n) is 3.39. The van der Waals surface area contributed by atoms with Gasteiger partial charge in [-0.15, -0.1) is 5.56 Å². The molecule has 0 saturated heterocycles. The van der Waals surface area contributed by atoms with Crippen molar-refractivity contribution in [3.8, 4) is 0 Å². The molecule has 0 heterocycles. The Morgan fingerprint density at radius 2 is 2.09 bits per heavy atom. The van der Waals surface area contributed by atoms with E-state index in [-0.39, 0.29) is 51.4 Å². The standard InChI is InChI=1S/C9H12N.K/c1-10(2)8-9-6-4-3-5-7-9;/h3-6H,8H2,1-2H3;/q-1;+1. The Morgan fingerprint density at radius 3 is 2.55 bits per heavy atom. The van der Waals surface area contributed by atoms with Gasteiger partial charge in [-0.3, -0.25) is 0 Å². The van der Waals surface area contributed by atoms with E-state index in [2.05, 4.69) is 31.1 Å². The number of benzene rings is 1. The van der Waals surface area contributed by atoms with Crippen LogP contribution in [0.5, 0.6) is 0 Å². The van der Waals surface area contributed by atoms with Crippen LogP contribution in [-0.4, -0.2) is 19.0 Å². The summed E-state index contributed by atoms with van der Waals surface area (Å²) >= 11 is 0. The molecule has 0 atom stereocenters. The maximum Gasteiger partial charge on any atom is 1.00 e. The Labute approximate surface area is 111 Å². The third-order valence-corrected chi connectivity index (χ3v) is 1.26. The van der Waals surface area contributed by atoms with Crippen LogP contribution >= 0.6 is 0 Å². The van der Waals surface area contributed by atoms with Crippen LogP contribution in [0.1, 0.15) is 5.56 Å². The third kappa shape index (κ3) is 5.12. The van der Waals surface area contributed by atoms with Crippen molar-refractivity contribution in [3.63, 3.8) is 0 Å². The van der Waals surface area contributed by atoms with Crippen molar-refractivity contribution < 1.29 is 51.4 Å². The summed E-state index contributed by atoms with van der Waals surface area (Å²) in [5.41, 5.74) is 1.24. The van der Waals surface area contributed by atoms with Crippen LogP contribution in [-0.2, 0) is 6.54 Å². The third-order valence-electron chi connectivity index (χ3n) is 1.26. The van der Waals surface area contributed by atoms with Gasteiger partial charge in [-0.05, 0) is 14.1 Å². The Bertz CT molecular complexity index is 184. The molecule has 1 rings (SSSR count). The van der Waals surface area contributed by atoms with Crippen LogP contribution in [0.15, 0.2) is 24.3 Å². The van der Waals surface area contributed by atoms with Crippen molar-refractivity contribution in [2.45, 2.75) is 6.54 Å². The second-order valence-corrected chi connectivity index (χ2v) is 2.63. The van der Waals surface area contributed by atoms with E-state index in [4.69, 9.17) is 0 Å². The second kappa shape index (κ2) is 6.35. The molecule has 0 unspecified atom stereocenters. The monoisotopic (exact) mass is 173 g/mol. The van der Waals surface area contributed by atoms with Gasteiger partial charge in [0.15, 0.2) is 0 Å². The van der Waals surface area contributed by atoms with Crippen molar-refractivity contribution >= 4 is 0 Å². The molecule has 0 spiro atoms. The minimum absolute atomic E-state index is 0. The van der Waals surface area contributed by atoms with E-state index < -0.39 is 0 Å². The molecule has 2 heteroatoms. The number of rotatable bonds is 2. The SMILES string of the molecule is CN(C)Cc1[c-]cccc1.[K+]. The average Bonchev–Trinajstić information content (AvgIpc) is 1.88. The zero-order valence-corrected chi connectivity index (χ0v) is 10.6. The fourth-order valence-corrected chi connectivity index (χ4v) is 0.870. The van der Waals surface area contributed by atoms with Crippen LogP contribution in [0.2, 0.25) is 0 Å². The largest absolute Gasteiger partial charge is 1.00 e. The molecule has 0 radical (unpaired) electrons. The molecule has 1 aromatic carbocycles. The molecule has 1 nitrogen and oxygen atoms in total. The van der Waals surface area contributed by atoms with Crippen molar-refractivity contribution in [2.24, 2.45) is 0 Å². The molecule has 0 saturated carbocycles. The van der Waals surface area contributed by atoms with Crippen LogP contribution < -0.4 is 51.4 Å². The molecular formula is C9H12KN. The Kier molecular flexibility index (Phi) is 6.82. The summed E-state index contributed by atoms with van der Waals surface area (Å²) in [4.78, 5) is 2.13. The first kappa shape index (κ1) is 11.8. The summed E-state index contributed by atoms with van der Waals surface area (Å²) in [6.07, 6.45) is 0. The molecule has 0 aliphatic rings. The number of nitrogens with zero attached hydrogens (tertiary/aromatic N) is 1. The van der Waals surface area contributed by atoms with Gasteiger partial charge in [0.2, 0.25) is 0 Å². The van der Waals surface area contributed by atoms with Gasteiger partial charge in [0, 0.05) is 6.54 Å². The van der Waals surface area contributed by atoms with Crippen molar-refractivity contribution in [1.82, 2.24) is 4.90 Å². The van der Waals surface area contributed by atoms with Gasteiger partial charge in [0.1, 0.15) is 0 Å². The summed E-state index contributed by atoms with van der Waals surface area (Å²) in [5.74, 6) is 0. The molecule has 54 valence electrons. The topological polar surface area (TPSA) is 3.24 Å². The average molecular weight is 173 g/mol. The Balaban J connectivity index is 0.000001000. The molecule has 0 N–H and O–H groups in total. The zero-order chi connectivity index (χ0) is 7.40. The van der Waals surface area contributed by atoms with Gasteiger partial charge < -0.3 is 4.90 Å². The summed E-state index contributed by atoms with van der Waals surface area (Å²) in [5, 5.41) is 0. The fourth-order valence-electron chi connectivity index (χ4n) is 0.870. The Morgan fingerprint density at radius 1 is 1.36 bits per heavy atom. The van der Waals surface area contributed by atoms with E-state index in [1.165, 1.54) is 5.56 Å². The molecule has 0 fully saturated rings. The van der Waals surface area contributed by atoms with Gasteiger partial charge >= 0.3 is 51.4 Å². The van der Waals surface area contributed by atoms with Crippen LogP contribution in [0, 0.1) is 6.07 Å². The van der Waals surface area contributed by atoms with Gasteiger partial charge in [0.25, 0.3) is 0 Å². The first-order valence-corrected chi connectivity index (χ1v) is 3.39. The maximum absolute atomic E-state index is 3.16. The van der Waals surface area contributed by atoms with E-state index in [0.29, 0.717) is 0 Å². The minimum Gasteiger partial charge on any atom is -0.307 e. The van der Waals surface area contributed by atoms with Crippen LogP contribution in [0.3, 0.4) is 0 Å². The van der Waals surface area contributed by atoms with Crippen molar-refractivity contribution in [2.75, 3.05) is 14.1 Å². The first-order chi connectivity index (χ1) is 4.79. The Hall–Kier alpha value is 0.816. The van der Waals surface area contributed by atoms with Crippen molar-refractivity contribution in [1.29, 1.82) is 0 Å². The molecule has 0 aliphatic heterocycles. The predicted molar refractivity (Wildman–Crippen MR) is 42.7 cm³/mol. The zero-order valence-electron chi connectivity index (χ0n) is 7.46. The summed E-state index contributed by atoms with van der Waals surface area (Å²) < 4.78 is 0. The summed E-state index contributed by atoms with van der Waals surface area (Å²) in [7, 11) is 4.11. The molecule has 11 heavy (non-hydrogen) atoms. The van der Waals surface area contributed by atoms with E-state index >= 15 is 0 Å². The fraction of sp³-hybridized carbons (Fsp3) is 0.333. The summed E-state index contributed by atoms with van der Waals surface area (Å²) in [6.45, 7) is 0.973. The van der Waals surface area contributed by atoms with Gasteiger partial charge in [-0.2, -0.15) is 30.3 Å². The van der Waals surface area contributed by atoms with E-state index in [1.807, 2.05) is 18.2 Å². The van der Waals surface area contributed by atoms with Gasteiger partial charge in [0.05, 0.1) is 0 Å². The normalized spacial score (nSPS) is 9.36. The van der Waals surface area contributed by atoms with Crippen LogP contribution in [0.4, 0.5) is 0 Å². The molecule has 0 amide bonds. The minimum atomic E-state index is 0. The molecular weight excluding hydrogens is 161 g/mol. The number of hydrogen-bond donors (Lipinski definition) is 0. The van der Waals surface area contributed by atoms with Gasteiger partial charge in [-0.1, -0.05) is 0 Å². The molecule has 0 aliphatic carbocycles. The molecule has 1 aromatic rings. The van der Waals surface area contributed by atoms with E-state index in [0.717, 1.165) is 6.54 Å².